The van der Waals surface area contributed by atoms with E-state index in [1.54, 1.807) is 11.6 Å². The molecular weight excluding hydrogens is 510 g/mol. The summed E-state index contributed by atoms with van der Waals surface area (Å²) >= 11 is 0. The molecule has 6 nitrogen and oxygen atoms in total. The molecule has 1 N–H and O–H groups in total. The van der Waals surface area contributed by atoms with E-state index < -0.39 is 11.9 Å². The van der Waals surface area contributed by atoms with Crippen LogP contribution in [0, 0.1) is 11.8 Å². The molecule has 1 aromatic carbocycles. The smallest absolute Gasteiger partial charge is 0.297 e. The predicted molar refractivity (Wildman–Crippen MR) is 177 cm³/mol. The summed E-state index contributed by atoms with van der Waals surface area (Å²) in [5.41, 5.74) is 2.59. The highest BCUT2D eigenvalue weighted by Crippen LogP contribution is 2.30. The summed E-state index contributed by atoms with van der Waals surface area (Å²) in [5, 5.41) is 2.21. The summed E-state index contributed by atoms with van der Waals surface area (Å²) in [6.07, 6.45) is 14.4. The van der Waals surface area contributed by atoms with Gasteiger partial charge >= 0.3 is 5.69 Å². The van der Waals surface area contributed by atoms with Crippen molar-refractivity contribution >= 4 is 23.4 Å². The largest absolute Gasteiger partial charge is 0.329 e. The van der Waals surface area contributed by atoms with Crippen molar-refractivity contribution in [2.45, 2.75) is 151 Å². The minimum absolute atomic E-state index is 0.229. The lowest BCUT2D eigenvalue weighted by atomic mass is 9.89. The van der Waals surface area contributed by atoms with Crippen LogP contribution in [0.2, 0.25) is 0 Å². The van der Waals surface area contributed by atoms with Crippen LogP contribution >= 0.6 is 0 Å². The highest BCUT2D eigenvalue weighted by molar-refractivity contribution is 5.90. The van der Waals surface area contributed by atoms with E-state index in [-0.39, 0.29) is 5.69 Å². The number of aromatic nitrogens is 2. The lowest BCUT2D eigenvalue weighted by Crippen LogP contribution is -2.36. The number of hydrogen-bond donors (Lipinski definition) is 1. The molecule has 2 aromatic rings. The number of fused-ring (bicyclic) bond motifs is 1. The van der Waals surface area contributed by atoms with Crippen molar-refractivity contribution in [3.63, 3.8) is 0 Å². The molecule has 236 valence electrons. The molecule has 0 aliphatic carbocycles. The van der Waals surface area contributed by atoms with Gasteiger partial charge in [0.25, 0.3) is 0 Å². The van der Waals surface area contributed by atoms with Crippen molar-refractivity contribution < 1.29 is 9.59 Å². The maximum atomic E-state index is 12.9. The van der Waals surface area contributed by atoms with Crippen LogP contribution in [0.1, 0.15) is 157 Å². The molecule has 1 heterocycles. The molecule has 0 saturated carbocycles. The van der Waals surface area contributed by atoms with Crippen LogP contribution in [0.4, 0.5) is 0 Å². The van der Waals surface area contributed by atoms with Gasteiger partial charge in [-0.1, -0.05) is 126 Å². The van der Waals surface area contributed by atoms with Crippen LogP contribution < -0.4 is 11.0 Å². The highest BCUT2D eigenvalue weighted by Gasteiger charge is 2.25. The first kappa shape index (κ1) is 38.6. The predicted octanol–water partition coefficient (Wildman–Crippen LogP) is 9.30. The van der Waals surface area contributed by atoms with E-state index in [1.165, 1.54) is 55.1 Å². The van der Waals surface area contributed by atoms with Crippen LogP contribution in [-0.2, 0) is 16.6 Å². The van der Waals surface area contributed by atoms with Crippen molar-refractivity contribution in [3.05, 3.63) is 34.2 Å². The zero-order chi connectivity index (χ0) is 31.4. The highest BCUT2D eigenvalue weighted by atomic mass is 16.2. The van der Waals surface area contributed by atoms with E-state index in [4.69, 9.17) is 0 Å². The Morgan fingerprint density at radius 1 is 0.854 bits per heavy atom. The van der Waals surface area contributed by atoms with Gasteiger partial charge in [0.15, 0.2) is 0 Å². The molecule has 2 amide bonds. The SMILES string of the molecule is CC.CCCC(CC)CCC(C)C.CCCCC(CCC)c1ccc2c(c1)n(C)c(=O)n2C(CCC)C(=O)NC=O. The van der Waals surface area contributed by atoms with Crippen LogP contribution in [0.5, 0.6) is 0 Å². The zero-order valence-electron chi connectivity index (χ0n) is 28.2. The molecule has 41 heavy (non-hydrogen) atoms. The van der Waals surface area contributed by atoms with E-state index in [9.17, 15) is 14.4 Å². The van der Waals surface area contributed by atoms with Crippen LogP contribution in [0.25, 0.3) is 11.0 Å². The average Bonchev–Trinajstić information content (AvgIpc) is 3.22. The van der Waals surface area contributed by atoms with Crippen molar-refractivity contribution in [2.75, 3.05) is 0 Å². The molecule has 2 rings (SSSR count). The molecule has 0 saturated heterocycles. The van der Waals surface area contributed by atoms with Gasteiger partial charge in [-0.2, -0.15) is 0 Å². The van der Waals surface area contributed by atoms with Gasteiger partial charge in [-0.05, 0) is 54.7 Å². The van der Waals surface area contributed by atoms with Crippen LogP contribution in [0.3, 0.4) is 0 Å². The second-order valence-corrected chi connectivity index (χ2v) is 11.6. The standard InChI is InChI=1S/C22H33N3O3.C11H24.C2H6/c1-5-8-11-16(9-6-2)17-12-13-18-20(14-17)24(4)22(28)25(18)19(10-7-3)21(27)23-15-26;1-5-7-11(6-2)9-8-10(3)4;1-2/h12-16,19H,5-11H2,1-4H3,(H,23,26,27);10-11H,5-9H2,1-4H3;1-2H3. The maximum Gasteiger partial charge on any atom is 0.329 e. The number of nitrogens with zero attached hydrogens (tertiary/aromatic N) is 2. The number of unbranched alkanes of at least 4 members (excludes halogenated alkanes) is 1. The maximum absolute atomic E-state index is 12.9. The average molecular weight is 574 g/mol. The Bertz CT molecular complexity index is 1040. The molecular formula is C35H63N3O3. The monoisotopic (exact) mass is 573 g/mol. The second kappa shape index (κ2) is 22.3. The molecule has 0 radical (unpaired) electrons. The Kier molecular flexibility index (Phi) is 21.0. The molecule has 1 aromatic heterocycles. The molecule has 3 atom stereocenters. The summed E-state index contributed by atoms with van der Waals surface area (Å²) in [6, 6.07) is 5.46. The quantitative estimate of drug-likeness (QED) is 0.192. The van der Waals surface area contributed by atoms with Crippen molar-refractivity contribution in [2.24, 2.45) is 18.9 Å². The minimum Gasteiger partial charge on any atom is -0.297 e. The summed E-state index contributed by atoms with van der Waals surface area (Å²) in [6.45, 7) is 19.6. The second-order valence-electron chi connectivity index (χ2n) is 11.6. The summed E-state index contributed by atoms with van der Waals surface area (Å²) in [7, 11) is 1.74. The normalized spacial score (nSPS) is 13.0. The number of rotatable bonds is 17. The van der Waals surface area contributed by atoms with Crippen molar-refractivity contribution in [1.82, 2.24) is 14.5 Å². The lowest BCUT2D eigenvalue weighted by Gasteiger charge is -2.18. The lowest BCUT2D eigenvalue weighted by molar-refractivity contribution is -0.128. The summed E-state index contributed by atoms with van der Waals surface area (Å²) < 4.78 is 3.14. The Labute approximate surface area is 251 Å². The minimum atomic E-state index is -0.691. The number of aryl methyl sites for hydroxylation is 1. The van der Waals surface area contributed by atoms with Gasteiger partial charge < -0.3 is 0 Å². The first-order valence-electron chi connectivity index (χ1n) is 16.6. The molecule has 0 spiro atoms. The van der Waals surface area contributed by atoms with E-state index in [1.807, 2.05) is 26.8 Å². The summed E-state index contributed by atoms with van der Waals surface area (Å²) in [4.78, 5) is 36.1. The number of carbonyl (C=O) groups is 2. The van der Waals surface area contributed by atoms with Gasteiger partial charge in [-0.25, -0.2) is 4.79 Å². The van der Waals surface area contributed by atoms with Gasteiger partial charge in [-0.15, -0.1) is 0 Å². The topological polar surface area (TPSA) is 73.1 Å². The number of hydrogen-bond acceptors (Lipinski definition) is 3. The van der Waals surface area contributed by atoms with Crippen LogP contribution in [-0.4, -0.2) is 21.5 Å². The van der Waals surface area contributed by atoms with Gasteiger partial charge in [0.05, 0.1) is 11.0 Å². The Morgan fingerprint density at radius 2 is 1.49 bits per heavy atom. The van der Waals surface area contributed by atoms with E-state index in [0.29, 0.717) is 18.7 Å². The van der Waals surface area contributed by atoms with Crippen molar-refractivity contribution in [3.8, 4) is 0 Å². The number of amides is 2. The Hall–Kier alpha value is -2.37. The molecule has 0 aliphatic heterocycles. The van der Waals surface area contributed by atoms with Gasteiger partial charge in [0.1, 0.15) is 6.04 Å². The third-order valence-electron chi connectivity index (χ3n) is 7.93. The third-order valence-corrected chi connectivity index (χ3v) is 7.93. The fourth-order valence-corrected chi connectivity index (χ4v) is 5.55. The van der Waals surface area contributed by atoms with E-state index >= 15 is 0 Å². The summed E-state index contributed by atoms with van der Waals surface area (Å²) in [5.74, 6) is 1.93. The molecule has 6 heteroatoms. The molecule has 0 bridgehead atoms. The zero-order valence-corrected chi connectivity index (χ0v) is 28.2. The molecule has 0 aliphatic rings. The number of benzene rings is 1. The van der Waals surface area contributed by atoms with E-state index in [0.717, 1.165) is 48.6 Å². The molecule has 0 fully saturated rings. The first-order chi connectivity index (χ1) is 19.7. The number of imidazole rings is 1. The number of carbonyl (C=O) groups excluding carboxylic acids is 2. The van der Waals surface area contributed by atoms with Crippen molar-refractivity contribution in [1.29, 1.82) is 0 Å². The fourth-order valence-electron chi connectivity index (χ4n) is 5.55. The van der Waals surface area contributed by atoms with Gasteiger partial charge in [0, 0.05) is 7.05 Å². The first-order valence-corrected chi connectivity index (χ1v) is 16.6. The number of nitrogens with one attached hydrogen (secondary N) is 1. The third kappa shape index (κ3) is 12.6. The van der Waals surface area contributed by atoms with Gasteiger partial charge in [0.2, 0.25) is 12.3 Å². The fraction of sp³-hybridized carbons (Fsp3) is 0.743. The Balaban J connectivity index is 0.00000104. The van der Waals surface area contributed by atoms with Crippen LogP contribution in [0.15, 0.2) is 23.0 Å². The van der Waals surface area contributed by atoms with E-state index in [2.05, 4.69) is 59.0 Å². The molecule has 3 unspecified atom stereocenters. The Morgan fingerprint density at radius 3 is 2.00 bits per heavy atom. The number of imide groups is 1. The van der Waals surface area contributed by atoms with Gasteiger partial charge in [-0.3, -0.25) is 24.0 Å².